The van der Waals surface area contributed by atoms with Crippen molar-refractivity contribution in [3.05, 3.63) is 52.5 Å². The maximum atomic E-state index is 12.3. The molecule has 2 rings (SSSR count). The van der Waals surface area contributed by atoms with Crippen molar-refractivity contribution in [2.75, 3.05) is 11.9 Å². The topological polar surface area (TPSA) is 38.3 Å². The Balaban J connectivity index is 2.49. The summed E-state index contributed by atoms with van der Waals surface area (Å²) in [6, 6.07) is 7.38. The van der Waals surface area contributed by atoms with E-state index in [2.05, 4.69) is 11.9 Å². The molecule has 5 heteroatoms. The van der Waals surface area contributed by atoms with Crippen molar-refractivity contribution < 1.29 is 9.53 Å². The Kier molecular flexibility index (Phi) is 5.04. The number of carbonyl (C=O) groups excluding carboxylic acids is 1. The highest BCUT2D eigenvalue weighted by molar-refractivity contribution is 7.15. The van der Waals surface area contributed by atoms with Gasteiger partial charge in [0.1, 0.15) is 10.6 Å². The van der Waals surface area contributed by atoms with Crippen LogP contribution in [0.2, 0.25) is 5.02 Å². The number of rotatable bonds is 5. The summed E-state index contributed by atoms with van der Waals surface area (Å²) >= 11 is 7.36. The summed E-state index contributed by atoms with van der Waals surface area (Å²) < 4.78 is 5.17. The monoisotopic (exact) mass is 321 g/mol. The van der Waals surface area contributed by atoms with Gasteiger partial charge < -0.3 is 10.1 Å². The molecule has 0 saturated heterocycles. The molecule has 0 aliphatic carbocycles. The predicted molar refractivity (Wildman–Crippen MR) is 89.2 cm³/mol. The zero-order valence-electron chi connectivity index (χ0n) is 11.9. The Morgan fingerprint density at radius 3 is 2.62 bits per heavy atom. The molecule has 1 aromatic carbocycles. The van der Waals surface area contributed by atoms with Gasteiger partial charge in [0.2, 0.25) is 0 Å². The van der Waals surface area contributed by atoms with E-state index in [0.29, 0.717) is 17.2 Å². The molecule has 110 valence electrons. The third-order valence-corrected chi connectivity index (χ3v) is 3.90. The third-order valence-electron chi connectivity index (χ3n) is 2.75. The predicted octanol–water partition coefficient (Wildman–Crippen LogP) is 5.19. The molecule has 0 aliphatic heterocycles. The molecule has 3 nitrogen and oxygen atoms in total. The molecule has 0 fully saturated rings. The molecule has 2 aromatic rings. The maximum absolute atomic E-state index is 12.3. The van der Waals surface area contributed by atoms with E-state index in [9.17, 15) is 4.79 Å². The summed E-state index contributed by atoms with van der Waals surface area (Å²) in [5.74, 6) is -0.340. The van der Waals surface area contributed by atoms with Gasteiger partial charge in [0.15, 0.2) is 0 Å². The first-order valence-corrected chi connectivity index (χ1v) is 7.75. The van der Waals surface area contributed by atoms with Crippen molar-refractivity contribution in [1.82, 2.24) is 0 Å². The van der Waals surface area contributed by atoms with Gasteiger partial charge >= 0.3 is 5.97 Å². The van der Waals surface area contributed by atoms with Crippen LogP contribution in [0.4, 0.5) is 5.00 Å². The number of benzene rings is 1. The lowest BCUT2D eigenvalue weighted by Crippen LogP contribution is -2.08. The van der Waals surface area contributed by atoms with Crippen LogP contribution in [0, 0.1) is 0 Å². The molecule has 1 aromatic heterocycles. The highest BCUT2D eigenvalue weighted by Crippen LogP contribution is 2.37. The number of halogens is 1. The summed E-state index contributed by atoms with van der Waals surface area (Å²) in [4.78, 5) is 12.3. The van der Waals surface area contributed by atoms with E-state index in [-0.39, 0.29) is 5.97 Å². The minimum Gasteiger partial charge on any atom is -0.462 e. The highest BCUT2D eigenvalue weighted by Gasteiger charge is 2.21. The zero-order valence-corrected chi connectivity index (χ0v) is 13.5. The van der Waals surface area contributed by atoms with Crippen LogP contribution in [0.25, 0.3) is 11.1 Å². The van der Waals surface area contributed by atoms with Crippen LogP contribution in [-0.4, -0.2) is 12.6 Å². The van der Waals surface area contributed by atoms with Crippen molar-refractivity contribution in [2.24, 2.45) is 0 Å². The largest absolute Gasteiger partial charge is 0.462 e. The van der Waals surface area contributed by atoms with Crippen LogP contribution < -0.4 is 5.32 Å². The van der Waals surface area contributed by atoms with Crippen molar-refractivity contribution in [2.45, 2.75) is 13.8 Å². The van der Waals surface area contributed by atoms with Crippen molar-refractivity contribution in [1.29, 1.82) is 0 Å². The summed E-state index contributed by atoms with van der Waals surface area (Å²) in [6.07, 6.45) is 0. The number of esters is 1. The molecular weight excluding hydrogens is 306 g/mol. The van der Waals surface area contributed by atoms with E-state index in [1.165, 1.54) is 11.3 Å². The second kappa shape index (κ2) is 6.78. The van der Waals surface area contributed by atoms with Crippen molar-refractivity contribution >= 4 is 33.9 Å². The SMILES string of the molecule is C=C(C)Nc1scc(-c2ccc(Cl)cc2)c1C(=O)OCC. The molecule has 0 radical (unpaired) electrons. The fourth-order valence-electron chi connectivity index (χ4n) is 1.89. The van der Waals surface area contributed by atoms with Gasteiger partial charge in [0.05, 0.1) is 6.61 Å². The minimum absolute atomic E-state index is 0.335. The number of hydrogen-bond donors (Lipinski definition) is 1. The van der Waals surface area contributed by atoms with E-state index in [1.807, 2.05) is 24.4 Å². The molecule has 0 saturated carbocycles. The van der Waals surface area contributed by atoms with Gasteiger partial charge in [-0.1, -0.05) is 30.3 Å². The summed E-state index contributed by atoms with van der Waals surface area (Å²) in [6.45, 7) is 7.78. The third kappa shape index (κ3) is 3.65. The summed E-state index contributed by atoms with van der Waals surface area (Å²) in [5, 5.41) is 6.44. The van der Waals surface area contributed by atoms with Crippen LogP contribution in [0.3, 0.4) is 0 Å². The normalized spacial score (nSPS) is 10.2. The Morgan fingerprint density at radius 1 is 1.38 bits per heavy atom. The lowest BCUT2D eigenvalue weighted by atomic mass is 10.0. The molecule has 0 amide bonds. The average molecular weight is 322 g/mol. The van der Waals surface area contributed by atoms with E-state index >= 15 is 0 Å². The van der Waals surface area contributed by atoms with Gasteiger partial charge in [-0.2, -0.15) is 0 Å². The summed E-state index contributed by atoms with van der Waals surface area (Å²) in [5.41, 5.74) is 3.06. The fourth-order valence-corrected chi connectivity index (χ4v) is 3.05. The van der Waals surface area contributed by atoms with Crippen LogP contribution in [0.5, 0.6) is 0 Å². The number of anilines is 1. The van der Waals surface area contributed by atoms with Crippen LogP contribution in [0.1, 0.15) is 24.2 Å². The quantitative estimate of drug-likeness (QED) is 0.770. The van der Waals surface area contributed by atoms with E-state index in [0.717, 1.165) is 21.8 Å². The van der Waals surface area contributed by atoms with Gasteiger partial charge in [-0.25, -0.2) is 4.79 Å². The number of nitrogens with one attached hydrogen (secondary N) is 1. The number of hydrogen-bond acceptors (Lipinski definition) is 4. The maximum Gasteiger partial charge on any atom is 0.341 e. The lowest BCUT2D eigenvalue weighted by Gasteiger charge is -2.09. The zero-order chi connectivity index (χ0) is 15.4. The fraction of sp³-hybridized carbons (Fsp3) is 0.188. The molecular formula is C16H16ClNO2S. The first kappa shape index (κ1) is 15.6. The van der Waals surface area contributed by atoms with Gasteiger partial charge in [-0.05, 0) is 31.5 Å². The molecule has 0 atom stereocenters. The molecule has 0 unspecified atom stereocenters. The molecule has 0 spiro atoms. The van der Waals surface area contributed by atoms with E-state index in [4.69, 9.17) is 16.3 Å². The number of thiophene rings is 1. The molecule has 0 bridgehead atoms. The Bertz CT molecular complexity index is 661. The smallest absolute Gasteiger partial charge is 0.341 e. The second-order valence-corrected chi connectivity index (χ2v) is 5.80. The number of carbonyl (C=O) groups is 1. The van der Waals surface area contributed by atoms with Crippen molar-refractivity contribution in [3.63, 3.8) is 0 Å². The molecule has 21 heavy (non-hydrogen) atoms. The van der Waals surface area contributed by atoms with Crippen LogP contribution >= 0.6 is 22.9 Å². The van der Waals surface area contributed by atoms with Crippen molar-refractivity contribution in [3.8, 4) is 11.1 Å². The van der Waals surface area contributed by atoms with Gasteiger partial charge in [0.25, 0.3) is 0 Å². The number of ether oxygens (including phenoxy) is 1. The standard InChI is InChI=1S/C16H16ClNO2S/c1-4-20-16(19)14-13(9-21-15(14)18-10(2)3)11-5-7-12(17)8-6-11/h5-9,18H,2,4H2,1,3H3. The summed E-state index contributed by atoms with van der Waals surface area (Å²) in [7, 11) is 0. The Labute approximate surface area is 133 Å². The van der Waals surface area contributed by atoms with E-state index < -0.39 is 0 Å². The highest BCUT2D eigenvalue weighted by atomic mass is 35.5. The first-order valence-electron chi connectivity index (χ1n) is 6.50. The van der Waals surface area contributed by atoms with Gasteiger partial charge in [-0.3, -0.25) is 0 Å². The number of allylic oxidation sites excluding steroid dienone is 1. The molecule has 0 aliphatic rings. The van der Waals surface area contributed by atoms with Crippen LogP contribution in [0.15, 0.2) is 41.9 Å². The average Bonchev–Trinajstić information content (AvgIpc) is 2.82. The van der Waals surface area contributed by atoms with Gasteiger partial charge in [0, 0.05) is 21.7 Å². The Morgan fingerprint density at radius 2 is 2.05 bits per heavy atom. The van der Waals surface area contributed by atoms with Gasteiger partial charge in [-0.15, -0.1) is 11.3 Å². The molecule has 1 heterocycles. The van der Waals surface area contributed by atoms with Crippen LogP contribution in [-0.2, 0) is 4.74 Å². The molecule has 1 N–H and O–H groups in total. The first-order chi connectivity index (χ1) is 10.0. The lowest BCUT2D eigenvalue weighted by molar-refractivity contribution is 0.0529. The minimum atomic E-state index is -0.340. The Hall–Kier alpha value is -1.78. The van der Waals surface area contributed by atoms with E-state index in [1.54, 1.807) is 19.1 Å². The second-order valence-electron chi connectivity index (χ2n) is 4.49.